The molecule has 0 amide bonds. The van der Waals surface area contributed by atoms with Crippen molar-refractivity contribution in [3.63, 3.8) is 0 Å². The fourth-order valence-corrected chi connectivity index (χ4v) is 4.72. The van der Waals surface area contributed by atoms with Crippen molar-refractivity contribution in [1.29, 1.82) is 0 Å². The van der Waals surface area contributed by atoms with Crippen LogP contribution in [-0.2, 0) is 14.3 Å². The third kappa shape index (κ3) is 7.89. The second kappa shape index (κ2) is 10.3. The Kier molecular flexibility index (Phi) is 7.90. The Balaban J connectivity index is 1.67. The Morgan fingerprint density at radius 3 is 2.70 bits per heavy atom. The van der Waals surface area contributed by atoms with Crippen LogP contribution in [0.25, 0.3) is 0 Å². The van der Waals surface area contributed by atoms with Crippen molar-refractivity contribution < 1.29 is 19.0 Å². The molecule has 1 aliphatic carbocycles. The second-order valence-corrected chi connectivity index (χ2v) is 16.8. The van der Waals surface area contributed by atoms with Crippen molar-refractivity contribution in [3.05, 3.63) is 41.5 Å². The van der Waals surface area contributed by atoms with Gasteiger partial charge in [-0.05, 0) is 56.4 Å². The van der Waals surface area contributed by atoms with Gasteiger partial charge in [-0.2, -0.15) is 0 Å². The predicted octanol–water partition coefficient (Wildman–Crippen LogP) is 4.88. The predicted molar refractivity (Wildman–Crippen MR) is 134 cm³/mol. The number of hydrogen-bond donors (Lipinski definition) is 1. The number of aromatic nitrogens is 2. The average molecular weight is 472 g/mol. The minimum absolute atomic E-state index is 0.0777. The molecule has 1 aromatic heterocycles. The molecule has 0 bridgehead atoms. The number of hydrazone groups is 1. The number of hydrogen-bond acceptors (Lipinski definition) is 5. The molecule has 0 spiro atoms. The third-order valence-corrected chi connectivity index (χ3v) is 7.23. The van der Waals surface area contributed by atoms with Crippen LogP contribution in [0, 0.1) is 5.92 Å². The van der Waals surface area contributed by atoms with E-state index in [4.69, 9.17) is 14.6 Å². The number of allylic oxidation sites excluding steroid dienone is 4. The zero-order valence-corrected chi connectivity index (χ0v) is 22.1. The Labute approximate surface area is 198 Å². The normalized spacial score (nSPS) is 19.3. The number of ether oxygens (including phenoxy) is 2. The first-order valence-corrected chi connectivity index (χ1v) is 15.5. The smallest absolute Gasteiger partial charge is 0.307 e. The number of rotatable bonds is 10. The van der Waals surface area contributed by atoms with E-state index in [1.165, 1.54) is 5.57 Å². The minimum atomic E-state index is -1.10. The van der Waals surface area contributed by atoms with Crippen LogP contribution >= 0.6 is 0 Å². The van der Waals surface area contributed by atoms with Gasteiger partial charge in [0.1, 0.15) is 23.1 Å². The SMILES string of the molecule is CC1=CC(CC(CC(=O)OC(C)(C)C)c2ncc[nH]2)=CC2C=[N+](COCC[Si](C)(C)C)N=C12. The highest BCUT2D eigenvalue weighted by atomic mass is 28.3. The molecular formula is C25H39N4O3Si+. The fourth-order valence-electron chi connectivity index (χ4n) is 3.96. The molecule has 0 fully saturated rings. The van der Waals surface area contributed by atoms with Gasteiger partial charge in [0.05, 0.1) is 13.0 Å². The molecule has 2 atom stereocenters. The highest BCUT2D eigenvalue weighted by molar-refractivity contribution is 6.76. The summed E-state index contributed by atoms with van der Waals surface area (Å²) < 4.78 is 13.4. The Bertz CT molecular complexity index is 963. The monoisotopic (exact) mass is 471 g/mol. The van der Waals surface area contributed by atoms with Gasteiger partial charge < -0.3 is 14.5 Å². The van der Waals surface area contributed by atoms with Gasteiger partial charge in [-0.25, -0.2) is 4.98 Å². The van der Waals surface area contributed by atoms with Gasteiger partial charge in [-0.3, -0.25) is 4.79 Å². The molecule has 3 rings (SSSR count). The van der Waals surface area contributed by atoms with Crippen molar-refractivity contribution in [3.8, 4) is 0 Å². The first-order valence-electron chi connectivity index (χ1n) is 11.8. The summed E-state index contributed by atoms with van der Waals surface area (Å²) in [5.74, 6) is 0.646. The molecule has 1 aliphatic heterocycles. The summed E-state index contributed by atoms with van der Waals surface area (Å²) in [4.78, 5) is 20.1. The van der Waals surface area contributed by atoms with Gasteiger partial charge in [0.25, 0.3) is 6.73 Å². The molecule has 7 nitrogen and oxygen atoms in total. The summed E-state index contributed by atoms with van der Waals surface area (Å²) >= 11 is 0. The topological polar surface area (TPSA) is 79.6 Å². The molecule has 0 saturated heterocycles. The molecule has 0 saturated carbocycles. The highest BCUT2D eigenvalue weighted by Crippen LogP contribution is 2.31. The van der Waals surface area contributed by atoms with E-state index in [2.05, 4.69) is 54.9 Å². The maximum absolute atomic E-state index is 12.5. The van der Waals surface area contributed by atoms with Crippen molar-refractivity contribution in [2.45, 2.75) is 77.7 Å². The lowest BCUT2D eigenvalue weighted by Gasteiger charge is -2.22. The summed E-state index contributed by atoms with van der Waals surface area (Å²) in [7, 11) is -1.10. The van der Waals surface area contributed by atoms with Crippen molar-refractivity contribution in [2.75, 3.05) is 13.3 Å². The Hall–Kier alpha value is -2.32. The van der Waals surface area contributed by atoms with Crippen LogP contribution in [0.2, 0.25) is 25.7 Å². The number of carbonyl (C=O) groups is 1. The molecule has 1 aromatic rings. The van der Waals surface area contributed by atoms with E-state index in [0.29, 0.717) is 13.2 Å². The fraction of sp³-hybridized carbons (Fsp3) is 0.600. The number of nitrogens with zero attached hydrogens (tertiary/aromatic N) is 3. The summed E-state index contributed by atoms with van der Waals surface area (Å²) in [6.07, 6.45) is 11.0. The average Bonchev–Trinajstić information content (AvgIpc) is 3.32. The maximum Gasteiger partial charge on any atom is 0.307 e. The van der Waals surface area contributed by atoms with E-state index in [0.717, 1.165) is 29.8 Å². The summed E-state index contributed by atoms with van der Waals surface area (Å²) in [5.41, 5.74) is 2.89. The van der Waals surface area contributed by atoms with Gasteiger partial charge in [0.2, 0.25) is 0 Å². The largest absolute Gasteiger partial charge is 0.460 e. The maximum atomic E-state index is 12.5. The highest BCUT2D eigenvalue weighted by Gasteiger charge is 2.32. The number of esters is 1. The van der Waals surface area contributed by atoms with Gasteiger partial charge >= 0.3 is 5.97 Å². The molecule has 0 radical (unpaired) electrons. The summed E-state index contributed by atoms with van der Waals surface area (Å²) in [6, 6.07) is 1.15. The van der Waals surface area contributed by atoms with E-state index in [1.54, 1.807) is 12.4 Å². The van der Waals surface area contributed by atoms with E-state index in [9.17, 15) is 4.79 Å². The van der Waals surface area contributed by atoms with Gasteiger partial charge in [-0.15, -0.1) is 0 Å². The number of H-pyrrole nitrogens is 1. The number of fused-ring (bicyclic) bond motifs is 1. The van der Waals surface area contributed by atoms with Crippen LogP contribution in [0.4, 0.5) is 0 Å². The molecular weight excluding hydrogens is 432 g/mol. The van der Waals surface area contributed by atoms with Crippen molar-refractivity contribution in [1.82, 2.24) is 9.97 Å². The zero-order valence-electron chi connectivity index (χ0n) is 21.1. The minimum Gasteiger partial charge on any atom is -0.460 e. The van der Waals surface area contributed by atoms with Crippen LogP contribution in [0.15, 0.2) is 40.8 Å². The molecule has 2 heterocycles. The molecule has 8 heteroatoms. The van der Waals surface area contributed by atoms with Crippen LogP contribution in [-0.4, -0.2) is 59.6 Å². The van der Waals surface area contributed by atoms with Gasteiger partial charge in [-0.1, -0.05) is 36.5 Å². The first kappa shape index (κ1) is 25.3. The Morgan fingerprint density at radius 1 is 1.30 bits per heavy atom. The van der Waals surface area contributed by atoms with Gasteiger partial charge in [0.15, 0.2) is 6.21 Å². The molecule has 33 heavy (non-hydrogen) atoms. The Morgan fingerprint density at radius 2 is 2.06 bits per heavy atom. The van der Waals surface area contributed by atoms with E-state index in [-0.39, 0.29) is 24.2 Å². The third-order valence-electron chi connectivity index (χ3n) is 5.53. The van der Waals surface area contributed by atoms with E-state index >= 15 is 0 Å². The number of nitrogens with one attached hydrogen (secondary N) is 1. The number of carbonyl (C=O) groups excluding carboxylic acids is 1. The molecule has 180 valence electrons. The van der Waals surface area contributed by atoms with Crippen LogP contribution in [0.5, 0.6) is 0 Å². The standard InChI is InChI=1S/C25H39N4O3Si/c1-18-12-19(13-20(24-26-8-9-27-24)15-22(30)32-25(2,3)4)14-21-16-29(28-23(18)21)17-31-10-11-33(5,6)7/h8-9,12,14,16,20-21H,10-11,13,15,17H2,1-7H3,(H,26,27)/q+1. The number of imidazole rings is 1. The van der Waals surface area contributed by atoms with E-state index in [1.807, 2.05) is 25.5 Å². The van der Waals surface area contributed by atoms with E-state index < -0.39 is 13.7 Å². The molecule has 2 unspecified atom stereocenters. The van der Waals surface area contributed by atoms with Crippen molar-refractivity contribution in [2.24, 2.45) is 11.0 Å². The molecule has 0 aromatic carbocycles. The molecule has 1 N–H and O–H groups in total. The summed E-state index contributed by atoms with van der Waals surface area (Å²) in [6.45, 7) is 16.1. The lowest BCUT2D eigenvalue weighted by Crippen LogP contribution is -2.25. The lowest BCUT2D eigenvalue weighted by molar-refractivity contribution is -0.567. The second-order valence-electron chi connectivity index (χ2n) is 11.2. The van der Waals surface area contributed by atoms with Crippen LogP contribution < -0.4 is 0 Å². The van der Waals surface area contributed by atoms with Crippen LogP contribution in [0.1, 0.15) is 52.3 Å². The summed E-state index contributed by atoms with van der Waals surface area (Å²) in [5, 5.41) is 4.75. The molecule has 2 aliphatic rings. The quantitative estimate of drug-likeness (QED) is 0.228. The number of aromatic amines is 1. The zero-order chi connectivity index (χ0) is 24.2. The first-order chi connectivity index (χ1) is 15.4. The lowest BCUT2D eigenvalue weighted by atomic mass is 9.85. The van der Waals surface area contributed by atoms with Crippen LogP contribution in [0.3, 0.4) is 0 Å². The van der Waals surface area contributed by atoms with Crippen molar-refractivity contribution >= 4 is 26.0 Å². The van der Waals surface area contributed by atoms with Gasteiger partial charge in [0, 0.05) is 26.4 Å².